The number of rotatable bonds is 4. The Hall–Kier alpha value is -2.11. The zero-order chi connectivity index (χ0) is 17.0. The van der Waals surface area contributed by atoms with Crippen LogP contribution in [0.3, 0.4) is 0 Å². The van der Waals surface area contributed by atoms with Crippen molar-refractivity contribution < 1.29 is 14.3 Å². The Morgan fingerprint density at radius 2 is 2.00 bits per heavy atom. The number of esters is 1. The third kappa shape index (κ3) is 4.68. The number of carbonyl (C=O) groups is 2. The molecule has 0 saturated heterocycles. The van der Waals surface area contributed by atoms with Crippen LogP contribution < -0.4 is 5.32 Å². The van der Waals surface area contributed by atoms with Gasteiger partial charge in [0.2, 0.25) is 0 Å². The smallest absolute Gasteiger partial charge is 0.338 e. The van der Waals surface area contributed by atoms with Gasteiger partial charge in [0.05, 0.1) is 15.6 Å². The molecule has 0 aliphatic rings. The van der Waals surface area contributed by atoms with E-state index in [2.05, 4.69) is 10.3 Å². The maximum absolute atomic E-state index is 12.1. The van der Waals surface area contributed by atoms with E-state index in [0.717, 1.165) is 5.56 Å². The molecule has 1 amide bonds. The number of halogens is 2. The summed E-state index contributed by atoms with van der Waals surface area (Å²) in [6.07, 6.45) is 0.350. The minimum Gasteiger partial charge on any atom is -0.449 e. The van der Waals surface area contributed by atoms with Gasteiger partial charge in [-0.25, -0.2) is 9.78 Å². The number of pyridine rings is 1. The van der Waals surface area contributed by atoms with Crippen LogP contribution in [-0.4, -0.2) is 23.0 Å². The van der Waals surface area contributed by atoms with Gasteiger partial charge in [-0.15, -0.1) is 0 Å². The molecule has 23 heavy (non-hydrogen) atoms. The monoisotopic (exact) mass is 352 g/mol. The number of ether oxygens (including phenoxy) is 1. The fourth-order valence-corrected chi connectivity index (χ4v) is 2.21. The standard InChI is InChI=1S/C16H14Cl2N2O3/c1-9-4-3-5-11(6-9)16(22)23-10(2)15(21)20-14-13(18)7-12(17)8-19-14/h3-8,10H,1-2H3,(H,19,20,21)/t10-/m1/s1. The predicted molar refractivity (Wildman–Crippen MR) is 88.9 cm³/mol. The van der Waals surface area contributed by atoms with E-state index in [1.165, 1.54) is 19.2 Å². The minimum absolute atomic E-state index is 0.152. The molecule has 1 aromatic heterocycles. The SMILES string of the molecule is Cc1cccc(C(=O)O[C@H](C)C(=O)Nc2ncc(Cl)cc2Cl)c1. The number of nitrogens with zero attached hydrogens (tertiary/aromatic N) is 1. The van der Waals surface area contributed by atoms with Crippen LogP contribution in [0.2, 0.25) is 10.0 Å². The summed E-state index contributed by atoms with van der Waals surface area (Å²) in [7, 11) is 0. The van der Waals surface area contributed by atoms with Crippen molar-refractivity contribution in [1.82, 2.24) is 4.98 Å². The first-order valence-corrected chi connectivity index (χ1v) is 7.52. The lowest BCUT2D eigenvalue weighted by atomic mass is 10.1. The first-order chi connectivity index (χ1) is 10.9. The van der Waals surface area contributed by atoms with E-state index in [0.29, 0.717) is 10.6 Å². The van der Waals surface area contributed by atoms with Gasteiger partial charge in [-0.2, -0.15) is 0 Å². The molecule has 1 heterocycles. The second-order valence-electron chi connectivity index (χ2n) is 4.89. The van der Waals surface area contributed by atoms with E-state index >= 15 is 0 Å². The predicted octanol–water partition coefficient (Wildman–Crippen LogP) is 3.88. The fourth-order valence-electron chi connectivity index (χ4n) is 1.78. The van der Waals surface area contributed by atoms with Crippen molar-refractivity contribution in [2.24, 2.45) is 0 Å². The Morgan fingerprint density at radius 1 is 1.26 bits per heavy atom. The van der Waals surface area contributed by atoms with Crippen LogP contribution in [0.5, 0.6) is 0 Å². The second kappa shape index (κ2) is 7.44. The number of hydrogen-bond acceptors (Lipinski definition) is 4. The van der Waals surface area contributed by atoms with Gasteiger partial charge in [0.1, 0.15) is 0 Å². The molecule has 0 spiro atoms. The summed E-state index contributed by atoms with van der Waals surface area (Å²) in [6.45, 7) is 3.33. The topological polar surface area (TPSA) is 68.3 Å². The molecule has 0 unspecified atom stereocenters. The molecule has 0 saturated carbocycles. The maximum atomic E-state index is 12.1. The molecular weight excluding hydrogens is 339 g/mol. The van der Waals surface area contributed by atoms with Crippen molar-refractivity contribution >= 4 is 40.9 Å². The van der Waals surface area contributed by atoms with Crippen LogP contribution >= 0.6 is 23.2 Å². The zero-order valence-corrected chi connectivity index (χ0v) is 14.0. The van der Waals surface area contributed by atoms with Crippen LogP contribution in [0.15, 0.2) is 36.5 Å². The van der Waals surface area contributed by atoms with Gasteiger partial charge in [0.15, 0.2) is 11.9 Å². The third-order valence-electron chi connectivity index (χ3n) is 2.96. The summed E-state index contributed by atoms with van der Waals surface area (Å²) in [5.41, 5.74) is 1.31. The molecule has 0 fully saturated rings. The largest absolute Gasteiger partial charge is 0.449 e. The van der Waals surface area contributed by atoms with Crippen molar-refractivity contribution in [1.29, 1.82) is 0 Å². The summed E-state index contributed by atoms with van der Waals surface area (Å²) in [4.78, 5) is 28.0. The van der Waals surface area contributed by atoms with E-state index in [4.69, 9.17) is 27.9 Å². The normalized spacial score (nSPS) is 11.7. The molecule has 1 N–H and O–H groups in total. The third-order valence-corrected chi connectivity index (χ3v) is 3.45. The molecular formula is C16H14Cl2N2O3. The van der Waals surface area contributed by atoms with E-state index in [1.54, 1.807) is 18.2 Å². The van der Waals surface area contributed by atoms with Crippen molar-refractivity contribution in [3.63, 3.8) is 0 Å². The average molecular weight is 353 g/mol. The lowest BCUT2D eigenvalue weighted by Crippen LogP contribution is -2.30. The Bertz CT molecular complexity index is 750. The molecule has 0 aliphatic heterocycles. The number of hydrogen-bond donors (Lipinski definition) is 1. The van der Waals surface area contributed by atoms with Crippen LogP contribution in [0, 0.1) is 6.92 Å². The molecule has 1 aromatic carbocycles. The number of aromatic nitrogens is 1. The molecule has 120 valence electrons. The lowest BCUT2D eigenvalue weighted by Gasteiger charge is -2.14. The number of carbonyl (C=O) groups excluding carboxylic acids is 2. The summed E-state index contributed by atoms with van der Waals surface area (Å²) in [5, 5.41) is 3.04. The molecule has 5 nitrogen and oxygen atoms in total. The number of amides is 1. The van der Waals surface area contributed by atoms with Gasteiger partial charge in [0.25, 0.3) is 5.91 Å². The lowest BCUT2D eigenvalue weighted by molar-refractivity contribution is -0.123. The van der Waals surface area contributed by atoms with E-state index in [-0.39, 0.29) is 10.8 Å². The number of nitrogens with one attached hydrogen (secondary N) is 1. The van der Waals surface area contributed by atoms with Crippen molar-refractivity contribution in [3.8, 4) is 0 Å². The summed E-state index contributed by atoms with van der Waals surface area (Å²) < 4.78 is 5.14. The number of benzene rings is 1. The van der Waals surface area contributed by atoms with E-state index in [1.807, 2.05) is 13.0 Å². The highest BCUT2D eigenvalue weighted by atomic mass is 35.5. The first kappa shape index (κ1) is 17.2. The Balaban J connectivity index is 2.01. The van der Waals surface area contributed by atoms with Gasteiger partial charge in [0, 0.05) is 6.20 Å². The Kier molecular flexibility index (Phi) is 5.58. The van der Waals surface area contributed by atoms with Gasteiger partial charge < -0.3 is 10.1 Å². The highest BCUT2D eigenvalue weighted by molar-refractivity contribution is 6.36. The average Bonchev–Trinajstić information content (AvgIpc) is 2.49. The summed E-state index contributed by atoms with van der Waals surface area (Å²) in [5.74, 6) is -0.964. The second-order valence-corrected chi connectivity index (χ2v) is 5.73. The molecule has 7 heteroatoms. The molecule has 0 bridgehead atoms. The highest BCUT2D eigenvalue weighted by Crippen LogP contribution is 2.22. The van der Waals surface area contributed by atoms with Crippen LogP contribution in [-0.2, 0) is 9.53 Å². The Morgan fingerprint density at radius 3 is 2.65 bits per heavy atom. The van der Waals surface area contributed by atoms with E-state index < -0.39 is 18.0 Å². The van der Waals surface area contributed by atoms with Crippen molar-refractivity contribution in [2.45, 2.75) is 20.0 Å². The quantitative estimate of drug-likeness (QED) is 0.847. The Labute approximate surface area is 143 Å². The van der Waals surface area contributed by atoms with Gasteiger partial charge >= 0.3 is 5.97 Å². The minimum atomic E-state index is -1.00. The highest BCUT2D eigenvalue weighted by Gasteiger charge is 2.20. The number of anilines is 1. The maximum Gasteiger partial charge on any atom is 0.338 e. The summed E-state index contributed by atoms with van der Waals surface area (Å²) in [6, 6.07) is 8.37. The van der Waals surface area contributed by atoms with Gasteiger partial charge in [-0.05, 0) is 32.0 Å². The van der Waals surface area contributed by atoms with Crippen LogP contribution in [0.1, 0.15) is 22.8 Å². The van der Waals surface area contributed by atoms with Crippen molar-refractivity contribution in [3.05, 3.63) is 57.7 Å². The zero-order valence-electron chi connectivity index (χ0n) is 12.5. The molecule has 0 aliphatic carbocycles. The van der Waals surface area contributed by atoms with E-state index in [9.17, 15) is 9.59 Å². The van der Waals surface area contributed by atoms with Gasteiger partial charge in [-0.1, -0.05) is 40.9 Å². The van der Waals surface area contributed by atoms with Crippen LogP contribution in [0.25, 0.3) is 0 Å². The fraction of sp³-hybridized carbons (Fsp3) is 0.188. The molecule has 0 radical (unpaired) electrons. The van der Waals surface area contributed by atoms with Crippen molar-refractivity contribution in [2.75, 3.05) is 5.32 Å². The number of aryl methyl sites for hydroxylation is 1. The van der Waals surface area contributed by atoms with Gasteiger partial charge in [-0.3, -0.25) is 4.79 Å². The molecule has 2 aromatic rings. The molecule has 1 atom stereocenters. The summed E-state index contributed by atoms with van der Waals surface area (Å²) >= 11 is 11.7. The molecule has 2 rings (SSSR count). The first-order valence-electron chi connectivity index (χ1n) is 6.76. The van der Waals surface area contributed by atoms with Crippen LogP contribution in [0.4, 0.5) is 5.82 Å².